The second kappa shape index (κ2) is 6.72. The fourth-order valence-corrected chi connectivity index (χ4v) is 2.33. The fourth-order valence-electron chi connectivity index (χ4n) is 2.33. The maximum Gasteiger partial charge on any atom is 0.0702 e. The maximum atomic E-state index is 5.64. The Morgan fingerprint density at radius 1 is 1.41 bits per heavy atom. The van der Waals surface area contributed by atoms with Crippen LogP contribution in [0.15, 0.2) is 24.5 Å². The lowest BCUT2D eigenvalue weighted by molar-refractivity contribution is 0.0810. The molecule has 2 heterocycles. The van der Waals surface area contributed by atoms with Crippen molar-refractivity contribution in [1.82, 2.24) is 9.88 Å². The Balaban J connectivity index is 1.61. The van der Waals surface area contributed by atoms with E-state index >= 15 is 0 Å². The van der Waals surface area contributed by atoms with Crippen LogP contribution in [0.25, 0.3) is 0 Å². The predicted octanol–water partition coefficient (Wildman–Crippen LogP) is 2.12. The van der Waals surface area contributed by atoms with Gasteiger partial charge in [-0.1, -0.05) is 0 Å². The summed E-state index contributed by atoms with van der Waals surface area (Å²) in [6.45, 7) is 3.17. The molecule has 17 heavy (non-hydrogen) atoms. The van der Waals surface area contributed by atoms with Crippen molar-refractivity contribution < 1.29 is 4.74 Å². The summed E-state index contributed by atoms with van der Waals surface area (Å²) < 4.78 is 5.64. The van der Waals surface area contributed by atoms with Crippen molar-refractivity contribution in [3.05, 3.63) is 30.1 Å². The first-order chi connectivity index (χ1) is 8.34. The van der Waals surface area contributed by atoms with Crippen LogP contribution in [0.4, 0.5) is 0 Å². The Labute approximate surface area is 104 Å². The summed E-state index contributed by atoms with van der Waals surface area (Å²) in [5, 5.41) is 0. The van der Waals surface area contributed by atoms with E-state index in [1.165, 1.54) is 24.8 Å². The first kappa shape index (κ1) is 12.5. The van der Waals surface area contributed by atoms with E-state index in [0.717, 1.165) is 26.1 Å². The Bertz CT molecular complexity index is 309. The van der Waals surface area contributed by atoms with Crippen molar-refractivity contribution in [2.45, 2.75) is 31.8 Å². The number of aryl methyl sites for hydroxylation is 1. The number of likely N-dealkylation sites (N-methyl/N-ethyl adjacent to an activating group) is 1. The zero-order valence-corrected chi connectivity index (χ0v) is 10.6. The first-order valence-electron chi connectivity index (χ1n) is 6.53. The van der Waals surface area contributed by atoms with Gasteiger partial charge in [0.2, 0.25) is 0 Å². The molecule has 2 rings (SSSR count). The smallest absolute Gasteiger partial charge is 0.0702 e. The third-order valence-electron chi connectivity index (χ3n) is 3.29. The van der Waals surface area contributed by atoms with Crippen LogP contribution in [-0.4, -0.2) is 42.7 Å². The van der Waals surface area contributed by atoms with E-state index < -0.39 is 0 Å². The number of hydrogen-bond donors (Lipinski definition) is 0. The van der Waals surface area contributed by atoms with Crippen LogP contribution in [0.3, 0.4) is 0 Å². The molecule has 0 aliphatic carbocycles. The monoisotopic (exact) mass is 234 g/mol. The summed E-state index contributed by atoms with van der Waals surface area (Å²) >= 11 is 0. The van der Waals surface area contributed by atoms with Crippen molar-refractivity contribution in [2.24, 2.45) is 0 Å². The fraction of sp³-hybridized carbons (Fsp3) is 0.643. The number of ether oxygens (including phenoxy) is 1. The quantitative estimate of drug-likeness (QED) is 0.754. The Hall–Kier alpha value is -0.930. The van der Waals surface area contributed by atoms with Gasteiger partial charge in [0.15, 0.2) is 0 Å². The number of nitrogens with zero attached hydrogens (tertiary/aromatic N) is 2. The van der Waals surface area contributed by atoms with E-state index in [1.54, 1.807) is 0 Å². The minimum absolute atomic E-state index is 0.473. The predicted molar refractivity (Wildman–Crippen MR) is 69.0 cm³/mol. The lowest BCUT2D eigenvalue weighted by Crippen LogP contribution is -2.29. The molecule has 1 atom stereocenters. The zero-order valence-electron chi connectivity index (χ0n) is 10.6. The van der Waals surface area contributed by atoms with Crippen LogP contribution < -0.4 is 0 Å². The number of pyridine rings is 1. The van der Waals surface area contributed by atoms with Crippen LogP contribution in [0.2, 0.25) is 0 Å². The highest BCUT2D eigenvalue weighted by molar-refractivity contribution is 5.09. The minimum Gasteiger partial charge on any atom is -0.377 e. The van der Waals surface area contributed by atoms with E-state index in [1.807, 2.05) is 12.4 Å². The van der Waals surface area contributed by atoms with Gasteiger partial charge in [-0.05, 0) is 57.0 Å². The van der Waals surface area contributed by atoms with E-state index in [-0.39, 0.29) is 0 Å². The molecule has 0 bridgehead atoms. The van der Waals surface area contributed by atoms with Crippen LogP contribution in [0, 0.1) is 0 Å². The van der Waals surface area contributed by atoms with Gasteiger partial charge in [0.25, 0.3) is 0 Å². The summed E-state index contributed by atoms with van der Waals surface area (Å²) in [7, 11) is 2.19. The van der Waals surface area contributed by atoms with Crippen molar-refractivity contribution in [3.8, 4) is 0 Å². The molecule has 3 heteroatoms. The molecule has 0 aromatic carbocycles. The van der Waals surface area contributed by atoms with Crippen LogP contribution in [0.1, 0.15) is 24.8 Å². The molecule has 0 amide bonds. The molecule has 0 saturated carbocycles. The lowest BCUT2D eigenvalue weighted by Gasteiger charge is -2.20. The molecule has 1 fully saturated rings. The summed E-state index contributed by atoms with van der Waals surface area (Å²) in [4.78, 5) is 6.42. The second-order valence-electron chi connectivity index (χ2n) is 4.86. The van der Waals surface area contributed by atoms with Gasteiger partial charge < -0.3 is 9.64 Å². The Morgan fingerprint density at radius 2 is 2.24 bits per heavy atom. The third kappa shape index (κ3) is 4.44. The molecule has 0 spiro atoms. The molecule has 94 valence electrons. The normalized spacial score (nSPS) is 20.0. The third-order valence-corrected chi connectivity index (χ3v) is 3.29. The van der Waals surface area contributed by atoms with Crippen molar-refractivity contribution in [2.75, 3.05) is 26.7 Å². The van der Waals surface area contributed by atoms with Crippen LogP contribution in [0.5, 0.6) is 0 Å². The van der Waals surface area contributed by atoms with Gasteiger partial charge >= 0.3 is 0 Å². The summed E-state index contributed by atoms with van der Waals surface area (Å²) in [5.41, 5.74) is 1.38. The number of aromatic nitrogens is 1. The highest BCUT2D eigenvalue weighted by Gasteiger charge is 2.16. The Kier molecular flexibility index (Phi) is 4.95. The van der Waals surface area contributed by atoms with Crippen LogP contribution in [-0.2, 0) is 11.2 Å². The largest absolute Gasteiger partial charge is 0.377 e. The molecular weight excluding hydrogens is 212 g/mol. The molecule has 1 saturated heterocycles. The van der Waals surface area contributed by atoms with Crippen LogP contribution >= 0.6 is 0 Å². The zero-order chi connectivity index (χ0) is 11.9. The average molecular weight is 234 g/mol. The van der Waals surface area contributed by atoms with Gasteiger partial charge in [-0.3, -0.25) is 4.98 Å². The highest BCUT2D eigenvalue weighted by Crippen LogP contribution is 2.13. The van der Waals surface area contributed by atoms with E-state index in [4.69, 9.17) is 4.74 Å². The maximum absolute atomic E-state index is 5.64. The molecule has 1 aromatic rings. The number of rotatable bonds is 6. The van der Waals surface area contributed by atoms with Crippen molar-refractivity contribution in [1.29, 1.82) is 0 Å². The van der Waals surface area contributed by atoms with Gasteiger partial charge in [-0.25, -0.2) is 0 Å². The topological polar surface area (TPSA) is 25.4 Å². The van der Waals surface area contributed by atoms with E-state index in [9.17, 15) is 0 Å². The number of hydrogen-bond acceptors (Lipinski definition) is 3. The molecule has 1 aliphatic heterocycles. The SMILES string of the molecule is CN(CCCc1ccncc1)CC1CCCO1. The summed E-state index contributed by atoms with van der Waals surface area (Å²) in [6.07, 6.45) is 9.01. The van der Waals surface area contributed by atoms with Crippen molar-refractivity contribution >= 4 is 0 Å². The van der Waals surface area contributed by atoms with Gasteiger partial charge in [-0.15, -0.1) is 0 Å². The van der Waals surface area contributed by atoms with E-state index in [2.05, 4.69) is 29.1 Å². The first-order valence-corrected chi connectivity index (χ1v) is 6.53. The molecule has 1 unspecified atom stereocenters. The molecule has 0 radical (unpaired) electrons. The second-order valence-corrected chi connectivity index (χ2v) is 4.86. The van der Waals surface area contributed by atoms with Gasteiger partial charge in [0, 0.05) is 25.5 Å². The highest BCUT2D eigenvalue weighted by atomic mass is 16.5. The van der Waals surface area contributed by atoms with Gasteiger partial charge in [-0.2, -0.15) is 0 Å². The summed E-state index contributed by atoms with van der Waals surface area (Å²) in [5.74, 6) is 0. The molecule has 3 nitrogen and oxygen atoms in total. The molecule has 1 aromatic heterocycles. The average Bonchev–Trinajstić information content (AvgIpc) is 2.83. The standard InChI is InChI=1S/C14H22N2O/c1-16(12-14-5-3-11-17-14)10-2-4-13-6-8-15-9-7-13/h6-9,14H,2-5,10-12H2,1H3. The lowest BCUT2D eigenvalue weighted by atomic mass is 10.1. The van der Waals surface area contributed by atoms with Crippen molar-refractivity contribution in [3.63, 3.8) is 0 Å². The van der Waals surface area contributed by atoms with Gasteiger partial charge in [0.05, 0.1) is 6.10 Å². The molecule has 1 aliphatic rings. The minimum atomic E-state index is 0.473. The Morgan fingerprint density at radius 3 is 2.94 bits per heavy atom. The molecule has 0 N–H and O–H groups in total. The van der Waals surface area contributed by atoms with Gasteiger partial charge in [0.1, 0.15) is 0 Å². The molecular formula is C14H22N2O. The summed E-state index contributed by atoms with van der Waals surface area (Å²) in [6, 6.07) is 4.19. The van der Waals surface area contributed by atoms with E-state index in [0.29, 0.717) is 6.10 Å².